The molecule has 0 heterocycles. The molecule has 2 atom stereocenters. The van der Waals surface area contributed by atoms with Gasteiger partial charge in [-0.3, -0.25) is 0 Å². The predicted octanol–water partition coefficient (Wildman–Crippen LogP) is 5.26. The van der Waals surface area contributed by atoms with Crippen LogP contribution in [0.15, 0.2) is 30.3 Å². The van der Waals surface area contributed by atoms with Gasteiger partial charge in [0.15, 0.2) is 0 Å². The Morgan fingerprint density at radius 3 is 1.91 bits per heavy atom. The first-order valence-corrected chi connectivity index (χ1v) is 9.62. The van der Waals surface area contributed by atoms with Gasteiger partial charge in [-0.15, -0.1) is 0 Å². The lowest BCUT2D eigenvalue weighted by Gasteiger charge is -2.14. The smallest absolute Gasteiger partial charge is 0.0581 e. The Morgan fingerprint density at radius 2 is 1.26 bits per heavy atom. The number of benzene rings is 1. The lowest BCUT2D eigenvalue weighted by atomic mass is 9.99. The molecule has 1 aromatic carbocycles. The molecule has 2 heteroatoms. The first-order valence-electron chi connectivity index (χ1n) is 9.62. The van der Waals surface area contributed by atoms with Gasteiger partial charge in [0.25, 0.3) is 0 Å². The van der Waals surface area contributed by atoms with Crippen LogP contribution < -0.4 is 0 Å². The van der Waals surface area contributed by atoms with Gasteiger partial charge in [-0.05, 0) is 31.2 Å². The van der Waals surface area contributed by atoms with E-state index in [-0.39, 0.29) is 12.2 Å². The normalized spacial score (nSPS) is 13.9. The van der Waals surface area contributed by atoms with E-state index in [0.29, 0.717) is 19.3 Å². The van der Waals surface area contributed by atoms with Crippen molar-refractivity contribution in [1.82, 2.24) is 0 Å². The van der Waals surface area contributed by atoms with E-state index in [4.69, 9.17) is 0 Å². The van der Waals surface area contributed by atoms with E-state index in [0.717, 1.165) is 18.4 Å². The number of rotatable bonds is 14. The second-order valence-electron chi connectivity index (χ2n) is 6.84. The maximum Gasteiger partial charge on any atom is 0.0581 e. The van der Waals surface area contributed by atoms with E-state index in [1.165, 1.54) is 44.9 Å². The first kappa shape index (κ1) is 20.2. The van der Waals surface area contributed by atoms with Crippen LogP contribution in [0.4, 0.5) is 0 Å². The highest BCUT2D eigenvalue weighted by molar-refractivity contribution is 5.15. The third kappa shape index (κ3) is 11.3. The first-order chi connectivity index (χ1) is 11.2. The molecule has 1 rings (SSSR count). The Hall–Kier alpha value is -0.860. The van der Waals surface area contributed by atoms with Gasteiger partial charge < -0.3 is 10.2 Å². The highest BCUT2D eigenvalue weighted by atomic mass is 16.3. The molecule has 0 saturated heterocycles. The zero-order chi connectivity index (χ0) is 16.8. The number of hydrogen-bond acceptors (Lipinski definition) is 2. The fourth-order valence-electron chi connectivity index (χ4n) is 3.03. The van der Waals surface area contributed by atoms with E-state index >= 15 is 0 Å². The van der Waals surface area contributed by atoms with Crippen LogP contribution in [0.2, 0.25) is 0 Å². The Labute approximate surface area is 142 Å². The van der Waals surface area contributed by atoms with Crippen molar-refractivity contribution in [2.75, 3.05) is 0 Å². The molecular weight excluding hydrogens is 284 g/mol. The lowest BCUT2D eigenvalue weighted by Crippen LogP contribution is -2.15. The summed E-state index contributed by atoms with van der Waals surface area (Å²) in [5, 5.41) is 20.1. The Bertz CT molecular complexity index is 363. The highest BCUT2D eigenvalue weighted by Crippen LogP contribution is 2.14. The average molecular weight is 321 g/mol. The SMILES string of the molecule is CCCCCCCCCC[C@H](O)CC[C@H](O)Cc1ccccc1. The van der Waals surface area contributed by atoms with Gasteiger partial charge in [-0.2, -0.15) is 0 Å². The monoisotopic (exact) mass is 320 g/mol. The zero-order valence-corrected chi connectivity index (χ0v) is 14.9. The van der Waals surface area contributed by atoms with Crippen molar-refractivity contribution in [2.24, 2.45) is 0 Å². The van der Waals surface area contributed by atoms with Crippen molar-refractivity contribution in [3.63, 3.8) is 0 Å². The molecule has 0 aromatic heterocycles. The molecule has 0 radical (unpaired) electrons. The zero-order valence-electron chi connectivity index (χ0n) is 14.9. The molecule has 0 aliphatic rings. The van der Waals surface area contributed by atoms with E-state index in [1.807, 2.05) is 30.3 Å². The molecule has 0 spiro atoms. The third-order valence-corrected chi connectivity index (χ3v) is 4.54. The molecule has 2 nitrogen and oxygen atoms in total. The Morgan fingerprint density at radius 1 is 0.696 bits per heavy atom. The topological polar surface area (TPSA) is 40.5 Å². The minimum absolute atomic E-state index is 0.250. The van der Waals surface area contributed by atoms with Gasteiger partial charge in [0, 0.05) is 0 Å². The van der Waals surface area contributed by atoms with Crippen molar-refractivity contribution in [3.05, 3.63) is 35.9 Å². The number of hydrogen-bond donors (Lipinski definition) is 2. The van der Waals surface area contributed by atoms with Crippen LogP contribution >= 0.6 is 0 Å². The molecular formula is C21H36O2. The average Bonchev–Trinajstić information content (AvgIpc) is 2.56. The highest BCUT2D eigenvalue weighted by Gasteiger charge is 2.10. The van der Waals surface area contributed by atoms with Crippen LogP contribution in [0.25, 0.3) is 0 Å². The van der Waals surface area contributed by atoms with Gasteiger partial charge >= 0.3 is 0 Å². The quantitative estimate of drug-likeness (QED) is 0.459. The van der Waals surface area contributed by atoms with Crippen molar-refractivity contribution in [1.29, 1.82) is 0 Å². The minimum atomic E-state index is -0.342. The maximum absolute atomic E-state index is 10.1. The predicted molar refractivity (Wildman–Crippen MR) is 98.6 cm³/mol. The molecule has 0 aliphatic carbocycles. The van der Waals surface area contributed by atoms with Crippen LogP contribution in [0.3, 0.4) is 0 Å². The third-order valence-electron chi connectivity index (χ3n) is 4.54. The summed E-state index contributed by atoms with van der Waals surface area (Å²) in [6.07, 6.45) is 12.8. The van der Waals surface area contributed by atoms with Crippen LogP contribution in [0, 0.1) is 0 Å². The van der Waals surface area contributed by atoms with Gasteiger partial charge in [0.05, 0.1) is 12.2 Å². The van der Waals surface area contributed by atoms with E-state index < -0.39 is 0 Å². The van der Waals surface area contributed by atoms with E-state index in [1.54, 1.807) is 0 Å². The van der Waals surface area contributed by atoms with E-state index in [2.05, 4.69) is 6.92 Å². The summed E-state index contributed by atoms with van der Waals surface area (Å²) in [4.78, 5) is 0. The number of unbranched alkanes of at least 4 members (excludes halogenated alkanes) is 7. The summed E-state index contributed by atoms with van der Waals surface area (Å²) in [5.41, 5.74) is 1.16. The molecule has 0 saturated carbocycles. The Kier molecular flexibility index (Phi) is 11.9. The molecule has 132 valence electrons. The van der Waals surface area contributed by atoms with Crippen LogP contribution in [-0.4, -0.2) is 22.4 Å². The van der Waals surface area contributed by atoms with Crippen molar-refractivity contribution in [2.45, 2.75) is 96.2 Å². The molecule has 0 unspecified atom stereocenters. The largest absolute Gasteiger partial charge is 0.393 e. The standard InChI is InChI=1S/C21H36O2/c1-2-3-4-5-6-7-8-12-15-20(22)16-17-21(23)18-19-13-10-9-11-14-19/h9-11,13-14,20-23H,2-8,12,15-18H2,1H3/t20-,21-/m0/s1. The maximum atomic E-state index is 10.1. The number of aliphatic hydroxyl groups excluding tert-OH is 2. The van der Waals surface area contributed by atoms with Crippen molar-refractivity contribution >= 4 is 0 Å². The summed E-state index contributed by atoms with van der Waals surface area (Å²) < 4.78 is 0. The second kappa shape index (κ2) is 13.6. The fourth-order valence-corrected chi connectivity index (χ4v) is 3.03. The van der Waals surface area contributed by atoms with Gasteiger partial charge in [-0.25, -0.2) is 0 Å². The summed E-state index contributed by atoms with van der Waals surface area (Å²) in [7, 11) is 0. The van der Waals surface area contributed by atoms with Gasteiger partial charge in [-0.1, -0.05) is 88.6 Å². The molecule has 0 bridgehead atoms. The molecule has 2 N–H and O–H groups in total. The molecule has 0 amide bonds. The molecule has 23 heavy (non-hydrogen) atoms. The van der Waals surface area contributed by atoms with Crippen LogP contribution in [-0.2, 0) is 6.42 Å². The van der Waals surface area contributed by atoms with Crippen molar-refractivity contribution in [3.8, 4) is 0 Å². The lowest BCUT2D eigenvalue weighted by molar-refractivity contribution is 0.107. The van der Waals surface area contributed by atoms with Gasteiger partial charge in [0.2, 0.25) is 0 Å². The van der Waals surface area contributed by atoms with Gasteiger partial charge in [0.1, 0.15) is 0 Å². The summed E-state index contributed by atoms with van der Waals surface area (Å²) >= 11 is 0. The summed E-state index contributed by atoms with van der Waals surface area (Å²) in [5.74, 6) is 0. The molecule has 0 fully saturated rings. The van der Waals surface area contributed by atoms with Crippen LogP contribution in [0.1, 0.15) is 83.1 Å². The molecule has 1 aromatic rings. The Balaban J connectivity index is 1.96. The minimum Gasteiger partial charge on any atom is -0.393 e. The summed E-state index contributed by atoms with van der Waals surface area (Å²) in [6, 6.07) is 10.1. The van der Waals surface area contributed by atoms with Crippen molar-refractivity contribution < 1.29 is 10.2 Å². The second-order valence-corrected chi connectivity index (χ2v) is 6.84. The fraction of sp³-hybridized carbons (Fsp3) is 0.714. The van der Waals surface area contributed by atoms with E-state index in [9.17, 15) is 10.2 Å². The van der Waals surface area contributed by atoms with Crippen LogP contribution in [0.5, 0.6) is 0 Å². The summed E-state index contributed by atoms with van der Waals surface area (Å²) in [6.45, 7) is 2.25. The number of aliphatic hydroxyl groups is 2. The molecule has 0 aliphatic heterocycles.